The molecule has 3 heteroatoms. The Hall–Kier alpha value is -0.830. The van der Waals surface area contributed by atoms with Gasteiger partial charge in [0.2, 0.25) is 0 Å². The molecule has 0 aromatic carbocycles. The van der Waals surface area contributed by atoms with Gasteiger partial charge in [0.1, 0.15) is 0 Å². The van der Waals surface area contributed by atoms with Crippen molar-refractivity contribution in [2.24, 2.45) is 0 Å². The van der Waals surface area contributed by atoms with Gasteiger partial charge in [-0.3, -0.25) is 5.10 Å². The molecule has 1 heterocycles. The Bertz CT molecular complexity index is 305. The minimum Gasteiger partial charge on any atom is -0.306 e. The predicted molar refractivity (Wildman–Crippen MR) is 57.2 cm³/mol. The monoisotopic (exact) mass is 193 g/mol. The number of H-pyrrole nitrogens is 1. The van der Waals surface area contributed by atoms with Crippen LogP contribution in [-0.4, -0.2) is 15.7 Å². The molecule has 1 saturated carbocycles. The number of nitrogens with one attached hydrogen (secondary N) is 2. The summed E-state index contributed by atoms with van der Waals surface area (Å²) < 4.78 is 0. The first-order chi connectivity index (χ1) is 6.54. The van der Waals surface area contributed by atoms with Crippen LogP contribution in [0.2, 0.25) is 0 Å². The Balaban J connectivity index is 1.90. The lowest BCUT2D eigenvalue weighted by Gasteiger charge is -2.19. The molecule has 0 unspecified atom stereocenters. The third-order valence-electron chi connectivity index (χ3n) is 2.47. The first-order valence-corrected chi connectivity index (χ1v) is 5.34. The number of hydrogen-bond donors (Lipinski definition) is 2. The average molecular weight is 193 g/mol. The van der Waals surface area contributed by atoms with Gasteiger partial charge < -0.3 is 5.32 Å². The van der Waals surface area contributed by atoms with Crippen LogP contribution in [-0.2, 0) is 6.54 Å². The molecule has 1 aliphatic rings. The maximum atomic E-state index is 4.29. The summed E-state index contributed by atoms with van der Waals surface area (Å²) in [7, 11) is 0. The van der Waals surface area contributed by atoms with Crippen LogP contribution in [0, 0.1) is 0 Å². The normalized spacial score (nSPS) is 17.4. The van der Waals surface area contributed by atoms with E-state index in [1.165, 1.54) is 18.5 Å². The molecule has 0 amide bonds. The van der Waals surface area contributed by atoms with Gasteiger partial charge in [-0.15, -0.1) is 0 Å². The molecule has 1 aromatic heterocycles. The van der Waals surface area contributed by atoms with Gasteiger partial charge in [-0.2, -0.15) is 5.10 Å². The molecule has 0 aliphatic heterocycles. The molecule has 0 bridgehead atoms. The van der Waals surface area contributed by atoms with E-state index in [1.54, 1.807) is 0 Å². The lowest BCUT2D eigenvalue weighted by molar-refractivity contribution is 0.421. The SMILES string of the molecule is CC(C)(C)NCc1cc(C2CC2)[nH]n1. The lowest BCUT2D eigenvalue weighted by atomic mass is 10.1. The first kappa shape index (κ1) is 9.71. The maximum absolute atomic E-state index is 4.29. The second-order valence-electron chi connectivity index (χ2n) is 5.19. The van der Waals surface area contributed by atoms with Gasteiger partial charge in [-0.05, 0) is 39.7 Å². The van der Waals surface area contributed by atoms with Crippen molar-refractivity contribution in [2.45, 2.75) is 51.6 Å². The summed E-state index contributed by atoms with van der Waals surface area (Å²) in [5, 5.41) is 10.8. The lowest BCUT2D eigenvalue weighted by Crippen LogP contribution is -2.35. The van der Waals surface area contributed by atoms with E-state index in [4.69, 9.17) is 0 Å². The fourth-order valence-electron chi connectivity index (χ4n) is 1.43. The van der Waals surface area contributed by atoms with Crippen molar-refractivity contribution in [3.8, 4) is 0 Å². The van der Waals surface area contributed by atoms with Crippen LogP contribution in [0.4, 0.5) is 0 Å². The van der Waals surface area contributed by atoms with Crippen molar-refractivity contribution < 1.29 is 0 Å². The molecule has 1 fully saturated rings. The van der Waals surface area contributed by atoms with E-state index in [9.17, 15) is 0 Å². The summed E-state index contributed by atoms with van der Waals surface area (Å²) >= 11 is 0. The largest absolute Gasteiger partial charge is 0.306 e. The Labute approximate surface area is 85.3 Å². The third-order valence-corrected chi connectivity index (χ3v) is 2.47. The van der Waals surface area contributed by atoms with Crippen LogP contribution in [0.15, 0.2) is 6.07 Å². The molecule has 1 aliphatic carbocycles. The van der Waals surface area contributed by atoms with Crippen molar-refractivity contribution in [1.29, 1.82) is 0 Å². The van der Waals surface area contributed by atoms with Crippen LogP contribution in [0.5, 0.6) is 0 Å². The number of hydrogen-bond acceptors (Lipinski definition) is 2. The van der Waals surface area contributed by atoms with Crippen molar-refractivity contribution in [2.75, 3.05) is 0 Å². The Morgan fingerprint density at radius 2 is 2.21 bits per heavy atom. The van der Waals surface area contributed by atoms with Crippen molar-refractivity contribution in [1.82, 2.24) is 15.5 Å². The minimum atomic E-state index is 0.165. The highest BCUT2D eigenvalue weighted by Gasteiger charge is 2.25. The topological polar surface area (TPSA) is 40.7 Å². The second-order valence-corrected chi connectivity index (χ2v) is 5.19. The smallest absolute Gasteiger partial charge is 0.0763 e. The highest BCUT2D eigenvalue weighted by atomic mass is 15.1. The molecule has 14 heavy (non-hydrogen) atoms. The van der Waals surface area contributed by atoms with E-state index in [1.807, 2.05) is 0 Å². The van der Waals surface area contributed by atoms with Crippen molar-refractivity contribution in [3.63, 3.8) is 0 Å². The first-order valence-electron chi connectivity index (χ1n) is 5.34. The molecule has 2 N–H and O–H groups in total. The quantitative estimate of drug-likeness (QED) is 0.772. The predicted octanol–water partition coefficient (Wildman–Crippen LogP) is 2.18. The van der Waals surface area contributed by atoms with E-state index in [0.717, 1.165) is 18.2 Å². The van der Waals surface area contributed by atoms with Crippen LogP contribution < -0.4 is 5.32 Å². The highest BCUT2D eigenvalue weighted by Crippen LogP contribution is 2.38. The van der Waals surface area contributed by atoms with Crippen LogP contribution in [0.3, 0.4) is 0 Å². The van der Waals surface area contributed by atoms with Gasteiger partial charge in [-0.1, -0.05) is 0 Å². The molecule has 0 saturated heterocycles. The summed E-state index contributed by atoms with van der Waals surface area (Å²) in [6, 6.07) is 2.19. The fourth-order valence-corrected chi connectivity index (χ4v) is 1.43. The van der Waals surface area contributed by atoms with Gasteiger partial charge in [0.25, 0.3) is 0 Å². The Morgan fingerprint density at radius 1 is 1.50 bits per heavy atom. The van der Waals surface area contributed by atoms with E-state index < -0.39 is 0 Å². The van der Waals surface area contributed by atoms with Crippen LogP contribution in [0.25, 0.3) is 0 Å². The Morgan fingerprint density at radius 3 is 2.79 bits per heavy atom. The maximum Gasteiger partial charge on any atom is 0.0763 e. The van der Waals surface area contributed by atoms with E-state index in [-0.39, 0.29) is 5.54 Å². The van der Waals surface area contributed by atoms with Crippen molar-refractivity contribution in [3.05, 3.63) is 17.5 Å². The van der Waals surface area contributed by atoms with Gasteiger partial charge in [0, 0.05) is 23.7 Å². The van der Waals surface area contributed by atoms with Crippen molar-refractivity contribution >= 4 is 0 Å². The molecule has 2 rings (SSSR count). The Kier molecular flexibility index (Phi) is 2.35. The van der Waals surface area contributed by atoms with Crippen LogP contribution in [0.1, 0.15) is 50.9 Å². The summed E-state index contributed by atoms with van der Waals surface area (Å²) in [4.78, 5) is 0. The van der Waals surface area contributed by atoms with E-state index in [2.05, 4.69) is 42.4 Å². The minimum absolute atomic E-state index is 0.165. The molecular weight excluding hydrogens is 174 g/mol. The summed E-state index contributed by atoms with van der Waals surface area (Å²) in [6.45, 7) is 7.36. The zero-order chi connectivity index (χ0) is 10.2. The molecule has 0 radical (unpaired) electrons. The number of aromatic nitrogens is 2. The van der Waals surface area contributed by atoms with Gasteiger partial charge >= 0.3 is 0 Å². The van der Waals surface area contributed by atoms with Gasteiger partial charge in [0.15, 0.2) is 0 Å². The molecule has 0 spiro atoms. The number of nitrogens with zero attached hydrogens (tertiary/aromatic N) is 1. The summed E-state index contributed by atoms with van der Waals surface area (Å²) in [5.74, 6) is 0.769. The molecular formula is C11H19N3. The zero-order valence-corrected chi connectivity index (χ0v) is 9.22. The summed E-state index contributed by atoms with van der Waals surface area (Å²) in [5.41, 5.74) is 2.61. The zero-order valence-electron chi connectivity index (χ0n) is 9.22. The van der Waals surface area contributed by atoms with E-state index in [0.29, 0.717) is 0 Å². The fraction of sp³-hybridized carbons (Fsp3) is 0.727. The molecule has 3 nitrogen and oxygen atoms in total. The van der Waals surface area contributed by atoms with Gasteiger partial charge in [-0.25, -0.2) is 0 Å². The number of aromatic amines is 1. The standard InChI is InChI=1S/C11H19N3/c1-11(2,3)12-7-9-6-10(14-13-9)8-4-5-8/h6,8,12H,4-5,7H2,1-3H3,(H,13,14). The van der Waals surface area contributed by atoms with Crippen LogP contribution >= 0.6 is 0 Å². The molecule has 1 aromatic rings. The second kappa shape index (κ2) is 3.39. The summed E-state index contributed by atoms with van der Waals surface area (Å²) in [6.07, 6.45) is 2.66. The average Bonchev–Trinajstić information content (AvgIpc) is 2.81. The number of rotatable bonds is 3. The molecule has 78 valence electrons. The van der Waals surface area contributed by atoms with E-state index >= 15 is 0 Å². The highest BCUT2D eigenvalue weighted by molar-refractivity contribution is 5.17. The third kappa shape index (κ3) is 2.58. The van der Waals surface area contributed by atoms with Gasteiger partial charge in [0.05, 0.1) is 5.69 Å². The molecule has 0 atom stereocenters.